The van der Waals surface area contributed by atoms with E-state index in [0.29, 0.717) is 55.0 Å². The third kappa shape index (κ3) is 3.14. The van der Waals surface area contributed by atoms with E-state index in [9.17, 15) is 14.4 Å². The molecule has 0 radical (unpaired) electrons. The number of aryl methyl sites for hydroxylation is 1. The first-order chi connectivity index (χ1) is 13.0. The standard InChI is InChI=1S/C19H20N4O4/c1-21-15-6-5-13(12-16(15)27-19(21)26)17(24)22-8-3-9-23(11-10-22)18(25)14-4-2-7-20-14/h2,4-7,12,20H,3,8-11H2,1H3. The van der Waals surface area contributed by atoms with Crippen molar-refractivity contribution in [1.29, 1.82) is 0 Å². The zero-order valence-corrected chi connectivity index (χ0v) is 15.0. The molecule has 3 heterocycles. The van der Waals surface area contributed by atoms with E-state index in [2.05, 4.69) is 4.98 Å². The van der Waals surface area contributed by atoms with Crippen LogP contribution in [0, 0.1) is 0 Å². The van der Waals surface area contributed by atoms with Crippen molar-refractivity contribution < 1.29 is 14.0 Å². The molecule has 2 aromatic heterocycles. The highest BCUT2D eigenvalue weighted by atomic mass is 16.4. The zero-order chi connectivity index (χ0) is 19.0. The highest BCUT2D eigenvalue weighted by molar-refractivity contribution is 5.97. The number of nitrogens with zero attached hydrogens (tertiary/aromatic N) is 3. The van der Waals surface area contributed by atoms with Gasteiger partial charge < -0.3 is 19.2 Å². The molecule has 1 aromatic carbocycles. The number of fused-ring (bicyclic) bond motifs is 1. The molecule has 1 aliphatic heterocycles. The second-order valence-electron chi connectivity index (χ2n) is 6.63. The predicted molar refractivity (Wildman–Crippen MR) is 98.7 cm³/mol. The Labute approximate surface area is 155 Å². The Bertz CT molecular complexity index is 1050. The fraction of sp³-hybridized carbons (Fsp3) is 0.316. The van der Waals surface area contributed by atoms with Crippen LogP contribution in [0.3, 0.4) is 0 Å². The Morgan fingerprint density at radius 3 is 2.48 bits per heavy atom. The molecule has 0 bridgehead atoms. The van der Waals surface area contributed by atoms with Gasteiger partial charge in [0, 0.05) is 45.0 Å². The molecule has 8 heteroatoms. The lowest BCUT2D eigenvalue weighted by molar-refractivity contribution is 0.0716. The fourth-order valence-corrected chi connectivity index (χ4v) is 3.41. The van der Waals surface area contributed by atoms with Crippen molar-refractivity contribution in [3.8, 4) is 0 Å². The monoisotopic (exact) mass is 368 g/mol. The summed E-state index contributed by atoms with van der Waals surface area (Å²) in [7, 11) is 1.63. The topological polar surface area (TPSA) is 91.6 Å². The smallest absolute Gasteiger partial charge is 0.408 e. The van der Waals surface area contributed by atoms with Gasteiger partial charge in [-0.25, -0.2) is 4.79 Å². The van der Waals surface area contributed by atoms with Crippen molar-refractivity contribution in [2.24, 2.45) is 7.05 Å². The molecule has 2 amide bonds. The van der Waals surface area contributed by atoms with Gasteiger partial charge in [-0.05, 0) is 36.8 Å². The van der Waals surface area contributed by atoms with Crippen molar-refractivity contribution >= 4 is 22.9 Å². The molecule has 3 aromatic rings. The summed E-state index contributed by atoms with van der Waals surface area (Å²) in [5.74, 6) is -0.637. The summed E-state index contributed by atoms with van der Waals surface area (Å²) in [5.41, 5.74) is 2.07. The summed E-state index contributed by atoms with van der Waals surface area (Å²) in [6.45, 7) is 2.12. The maximum absolute atomic E-state index is 12.9. The Hall–Kier alpha value is -3.29. The molecular weight excluding hydrogens is 348 g/mol. The summed E-state index contributed by atoms with van der Waals surface area (Å²) in [4.78, 5) is 43.4. The number of carbonyl (C=O) groups excluding carboxylic acids is 2. The van der Waals surface area contributed by atoms with Crippen molar-refractivity contribution in [1.82, 2.24) is 19.4 Å². The van der Waals surface area contributed by atoms with E-state index in [0.717, 1.165) is 0 Å². The van der Waals surface area contributed by atoms with E-state index in [4.69, 9.17) is 4.42 Å². The number of H-pyrrole nitrogens is 1. The molecule has 1 fully saturated rings. The Morgan fingerprint density at radius 1 is 1.04 bits per heavy atom. The van der Waals surface area contributed by atoms with E-state index in [1.54, 1.807) is 53.4 Å². The molecular formula is C19H20N4O4. The molecule has 0 atom stereocenters. The lowest BCUT2D eigenvalue weighted by Gasteiger charge is -2.22. The quantitative estimate of drug-likeness (QED) is 0.741. The number of hydrogen-bond acceptors (Lipinski definition) is 4. The van der Waals surface area contributed by atoms with Gasteiger partial charge in [0.25, 0.3) is 11.8 Å². The molecule has 140 valence electrons. The van der Waals surface area contributed by atoms with Crippen LogP contribution in [0.25, 0.3) is 11.1 Å². The van der Waals surface area contributed by atoms with Crippen molar-refractivity contribution in [3.63, 3.8) is 0 Å². The molecule has 1 saturated heterocycles. The van der Waals surface area contributed by atoms with Gasteiger partial charge in [0.1, 0.15) is 5.69 Å². The lowest BCUT2D eigenvalue weighted by Crippen LogP contribution is -2.37. The van der Waals surface area contributed by atoms with Gasteiger partial charge >= 0.3 is 5.76 Å². The average Bonchev–Trinajstić information content (AvgIpc) is 3.22. The Balaban J connectivity index is 1.49. The van der Waals surface area contributed by atoms with E-state index in [1.165, 1.54) is 4.57 Å². The van der Waals surface area contributed by atoms with Crippen LogP contribution in [-0.4, -0.2) is 57.3 Å². The van der Waals surface area contributed by atoms with Gasteiger partial charge in [-0.1, -0.05) is 0 Å². The molecule has 4 rings (SSSR count). The van der Waals surface area contributed by atoms with E-state index >= 15 is 0 Å². The summed E-state index contributed by atoms with van der Waals surface area (Å²) < 4.78 is 6.57. The van der Waals surface area contributed by atoms with Gasteiger partial charge in [0.2, 0.25) is 0 Å². The van der Waals surface area contributed by atoms with Crippen molar-refractivity contribution in [3.05, 3.63) is 58.3 Å². The van der Waals surface area contributed by atoms with Crippen LogP contribution in [0.5, 0.6) is 0 Å². The first-order valence-corrected chi connectivity index (χ1v) is 8.86. The normalized spacial score (nSPS) is 15.1. The molecule has 1 N–H and O–H groups in total. The first kappa shape index (κ1) is 17.1. The number of aromatic amines is 1. The van der Waals surface area contributed by atoms with Crippen molar-refractivity contribution in [2.45, 2.75) is 6.42 Å². The number of amides is 2. The van der Waals surface area contributed by atoms with Crippen LogP contribution >= 0.6 is 0 Å². The Kier molecular flexibility index (Phi) is 4.31. The number of aromatic nitrogens is 2. The van der Waals surface area contributed by atoms with Gasteiger partial charge in [0.05, 0.1) is 5.52 Å². The lowest BCUT2D eigenvalue weighted by atomic mass is 10.1. The van der Waals surface area contributed by atoms with E-state index in [1.807, 2.05) is 0 Å². The largest absolute Gasteiger partial charge is 0.419 e. The number of hydrogen-bond donors (Lipinski definition) is 1. The summed E-state index contributed by atoms with van der Waals surface area (Å²) in [6.07, 6.45) is 2.43. The van der Waals surface area contributed by atoms with Crippen molar-refractivity contribution in [2.75, 3.05) is 26.2 Å². The van der Waals surface area contributed by atoms with Crippen LogP contribution in [-0.2, 0) is 7.05 Å². The fourth-order valence-electron chi connectivity index (χ4n) is 3.41. The number of carbonyl (C=O) groups is 2. The minimum atomic E-state index is -0.456. The summed E-state index contributed by atoms with van der Waals surface area (Å²) >= 11 is 0. The van der Waals surface area contributed by atoms with Crippen LogP contribution < -0.4 is 5.76 Å². The third-order valence-electron chi connectivity index (χ3n) is 4.94. The van der Waals surface area contributed by atoms with E-state index < -0.39 is 5.76 Å². The van der Waals surface area contributed by atoms with Gasteiger partial charge in [-0.15, -0.1) is 0 Å². The van der Waals surface area contributed by atoms with Crippen LogP contribution in [0.4, 0.5) is 0 Å². The minimum absolute atomic E-state index is 0.0539. The molecule has 0 spiro atoms. The molecule has 8 nitrogen and oxygen atoms in total. The second kappa shape index (κ2) is 6.79. The van der Waals surface area contributed by atoms with E-state index in [-0.39, 0.29) is 11.8 Å². The molecule has 1 aliphatic rings. The second-order valence-corrected chi connectivity index (χ2v) is 6.63. The number of nitrogens with one attached hydrogen (secondary N) is 1. The highest BCUT2D eigenvalue weighted by Gasteiger charge is 2.24. The van der Waals surface area contributed by atoms with Gasteiger partial charge in [-0.3, -0.25) is 14.2 Å². The maximum Gasteiger partial charge on any atom is 0.419 e. The van der Waals surface area contributed by atoms with Gasteiger partial charge in [-0.2, -0.15) is 0 Å². The molecule has 27 heavy (non-hydrogen) atoms. The summed E-state index contributed by atoms with van der Waals surface area (Å²) in [6, 6.07) is 8.56. The average molecular weight is 368 g/mol. The Morgan fingerprint density at radius 2 is 1.78 bits per heavy atom. The minimum Gasteiger partial charge on any atom is -0.408 e. The zero-order valence-electron chi connectivity index (χ0n) is 15.0. The number of benzene rings is 1. The molecule has 0 aliphatic carbocycles. The van der Waals surface area contributed by atoms with Crippen LogP contribution in [0.1, 0.15) is 27.3 Å². The molecule has 0 saturated carbocycles. The molecule has 0 unspecified atom stereocenters. The number of rotatable bonds is 2. The predicted octanol–water partition coefficient (Wildman–Crippen LogP) is 1.45. The highest BCUT2D eigenvalue weighted by Crippen LogP contribution is 2.17. The van der Waals surface area contributed by atoms with Crippen LogP contribution in [0.2, 0.25) is 0 Å². The van der Waals surface area contributed by atoms with Crippen LogP contribution in [0.15, 0.2) is 45.7 Å². The van der Waals surface area contributed by atoms with Gasteiger partial charge in [0.15, 0.2) is 5.58 Å². The maximum atomic E-state index is 12.9. The SMILES string of the molecule is Cn1c(=O)oc2cc(C(=O)N3CCCN(C(=O)c4ccc[nH]4)CC3)ccc21. The first-order valence-electron chi connectivity index (χ1n) is 8.86. The summed E-state index contributed by atoms with van der Waals surface area (Å²) in [5, 5.41) is 0. The third-order valence-corrected chi connectivity index (χ3v) is 4.94. The number of oxazole rings is 1.